The Morgan fingerprint density at radius 3 is 1.39 bits per heavy atom. The molecule has 15 aromatic rings. The average molecular weight is 2060 g/mol. The zero-order valence-corrected chi connectivity index (χ0v) is 93.7. The average Bonchev–Trinajstić information content (AvgIpc) is 0.973. The van der Waals surface area contributed by atoms with Crippen LogP contribution < -0.4 is 115 Å². The summed E-state index contributed by atoms with van der Waals surface area (Å²) in [7, 11) is 31.0. The van der Waals surface area contributed by atoms with E-state index in [4.69, 9.17) is 66.0 Å². The third-order valence-electron chi connectivity index (χ3n) is 20.4. The molecule has 4 heterocycles. The maximum atomic E-state index is 6.02. The van der Waals surface area contributed by atoms with Gasteiger partial charge in [-0.2, -0.15) is 0 Å². The highest BCUT2D eigenvalue weighted by atomic mass is 31.0. The van der Waals surface area contributed by atoms with E-state index in [0.29, 0.717) is 58.8 Å². The summed E-state index contributed by atoms with van der Waals surface area (Å²) in [5.74, 6) is 12.7. The van der Waals surface area contributed by atoms with Gasteiger partial charge in [-0.1, -0.05) is 290 Å². The Balaban J connectivity index is 0.000000187. The molecule has 0 bridgehead atoms. The highest BCUT2D eigenvalue weighted by molar-refractivity contribution is 7.30. The first-order valence-electron chi connectivity index (χ1n) is 45.9. The second kappa shape index (κ2) is 63.6. The molecule has 138 heavy (non-hydrogen) atoms. The Hall–Kier alpha value is -9.09. The molecule has 0 N–H and O–H groups in total. The monoisotopic (exact) mass is 2060 g/mol. The number of ether oxygens (including phenoxy) is 13. The lowest BCUT2D eigenvalue weighted by molar-refractivity contribution is 0.147. The van der Waals surface area contributed by atoms with Gasteiger partial charge in [0.05, 0.1) is 46.2 Å². The van der Waals surface area contributed by atoms with Crippen molar-refractivity contribution >= 4 is 182 Å². The van der Waals surface area contributed by atoms with Crippen LogP contribution in [0.3, 0.4) is 0 Å². The van der Waals surface area contributed by atoms with E-state index in [-0.39, 0.29) is 5.41 Å². The van der Waals surface area contributed by atoms with E-state index in [1.165, 1.54) is 50.3 Å². The molecule has 0 radical (unpaired) electrons. The summed E-state index contributed by atoms with van der Waals surface area (Å²) in [6.07, 6.45) is 5.10. The van der Waals surface area contributed by atoms with E-state index in [1.54, 1.807) is 13.2 Å². The topological polar surface area (TPSA) is 133 Å². The van der Waals surface area contributed by atoms with Crippen LogP contribution in [0.25, 0.3) is 21.9 Å². The van der Waals surface area contributed by atoms with Crippen molar-refractivity contribution in [2.45, 2.75) is 93.6 Å². The molecule has 0 spiro atoms. The molecular weight excluding hydrogens is 1920 g/mol. The van der Waals surface area contributed by atoms with Crippen LogP contribution in [0.5, 0.6) is 74.7 Å². The first kappa shape index (κ1) is 114. The molecule has 25 heteroatoms. The summed E-state index contributed by atoms with van der Waals surface area (Å²) < 4.78 is 76.6. The minimum atomic E-state index is -0.00322. The number of benzene rings is 14. The quantitative estimate of drug-likeness (QED) is 0.0342. The Bertz CT molecular complexity index is 6090. The highest BCUT2D eigenvalue weighted by Gasteiger charge is 2.34. The number of unbranched alkanes of at least 4 members (excludes halogenated alkanes) is 1. The van der Waals surface area contributed by atoms with Crippen molar-refractivity contribution in [1.29, 1.82) is 0 Å². The normalized spacial score (nSPS) is 11.4. The van der Waals surface area contributed by atoms with Gasteiger partial charge >= 0.3 is 0 Å². The van der Waals surface area contributed by atoms with E-state index in [1.807, 2.05) is 251 Å². The molecule has 3 aliphatic rings. The van der Waals surface area contributed by atoms with Crippen LogP contribution in [-0.2, 0) is 23.2 Å². The van der Waals surface area contributed by atoms with Crippen LogP contribution in [0.4, 0.5) is 0 Å². The van der Waals surface area contributed by atoms with Crippen molar-refractivity contribution in [3.8, 4) is 74.7 Å². The second-order valence-electron chi connectivity index (χ2n) is 31.9. The van der Waals surface area contributed by atoms with Crippen molar-refractivity contribution in [2.24, 2.45) is 5.92 Å². The first-order chi connectivity index (χ1) is 66.8. The van der Waals surface area contributed by atoms with Crippen molar-refractivity contribution in [3.05, 3.63) is 350 Å². The minimum absolute atomic E-state index is 0.00322. The molecule has 0 saturated heterocycles. The predicted octanol–water partition coefficient (Wildman–Crippen LogP) is 23.0. The van der Waals surface area contributed by atoms with E-state index in [9.17, 15) is 0 Å². The van der Waals surface area contributed by atoms with E-state index in [2.05, 4.69) is 229 Å². The van der Waals surface area contributed by atoms with Gasteiger partial charge in [-0.25, -0.2) is 0 Å². The smallest absolute Gasteiger partial charge is 0.168 e. The predicted molar refractivity (Wildman–Crippen MR) is 623 cm³/mol. The molecule has 11 unspecified atom stereocenters. The molecule has 14 aromatic carbocycles. The molecular formula is C113H137O14P11. The number of fused-ring (bicyclic) bond motifs is 7. The zero-order chi connectivity index (χ0) is 99.4. The number of methoxy groups -OCH3 is 1. The fourth-order valence-electron chi connectivity index (χ4n) is 13.3. The van der Waals surface area contributed by atoms with Crippen molar-refractivity contribution in [2.75, 3.05) is 79.8 Å². The van der Waals surface area contributed by atoms with Crippen LogP contribution in [0.15, 0.2) is 326 Å². The summed E-state index contributed by atoms with van der Waals surface area (Å²) in [5.41, 5.74) is 8.19. The fourth-order valence-corrected chi connectivity index (χ4v) is 16.7. The maximum Gasteiger partial charge on any atom is 0.168 e. The van der Waals surface area contributed by atoms with Crippen LogP contribution in [-0.4, -0.2) is 79.8 Å². The number of para-hydroxylation sites is 11. The molecule has 0 aliphatic carbocycles. The number of furan rings is 1. The highest BCUT2D eigenvalue weighted by Crippen LogP contribution is 2.47. The molecule has 14 nitrogen and oxygen atoms in total. The SMILES string of the molecule is C=CCOc1ccccc1P.CC(C)COc1ccccc1P.CC1(C)c2ccccc2Oc2c(P)cccc21.CCCCOc1ccccc1P.CCOc1cc(C)ccc1P.CCOc1ccc(P)c(OCC)c1.COCCOc1ccccc1P.Pc1cccc2c1OCC2.Pc1cccc2c1OCCO2.Pc1cccc2c1oc1ccccc12.Pc1ccccc1OCc1ccccc1. The lowest BCUT2D eigenvalue weighted by Gasteiger charge is -2.35. The summed E-state index contributed by atoms with van der Waals surface area (Å²) in [6.45, 7) is 30.8. The molecule has 11 atom stereocenters. The molecule has 0 saturated carbocycles. The second-order valence-corrected chi connectivity index (χ2v) is 38.8. The molecule has 18 rings (SSSR count). The van der Waals surface area contributed by atoms with Gasteiger partial charge in [-0.05, 0) is 123 Å². The van der Waals surface area contributed by atoms with E-state index >= 15 is 0 Å². The third-order valence-corrected chi connectivity index (χ3v) is 25.6. The Morgan fingerprint density at radius 2 is 0.819 bits per heavy atom. The summed E-state index contributed by atoms with van der Waals surface area (Å²) in [4.78, 5) is 0. The summed E-state index contributed by atoms with van der Waals surface area (Å²) in [5, 5.41) is 14.5. The standard InChI is InChI=1S/C15H15OP.C13H13OP.C12H9OP.C10H15O2P.2C10H15OP.C9H13O2P.C9H13OP.C9H11OP.C8H9O2P.C8H9OP/c1-15(2)10-6-3-4-8-12(10)16-14-11(15)7-5-9-13(14)17;15-13-9-5-4-8-12(13)14-10-11-6-2-1-3-7-11;14-11-7-3-5-9-8-4-1-2-6-10(8)13-12(9)11;1-3-11-8-5-6-10(13)9(7-8)12-4-2;1-8(2)7-11-9-5-3-4-6-10(9)12;1-2-3-8-11-9-6-4-5-7-10(9)12;1-10-6-7-11-8-4-2-3-5-9(8)12;1-3-10-8-6-7(2)4-5-9(8)11;1-2-7-10-8-5-3-4-6-9(8)11;11-7-3-1-2-6-8(7)10-5-4-9-6;10-7-3-1-2-6-4-5-9-8(6)7/h3-9H,17H2,1-2H3;1-9H,10,15H2;1-7H,14H2;5-7H,3-4,13H2,1-2H3;3-6,8H,7,12H2,1-2H3;4-7H,2-3,8,12H2,1H3;2-5H,6-7,12H2,1H3;4-6H,3,11H2,1-2H3;2-6H,1,7,11H2;1-3H,4-5,11H2;1-3H,4-5,10H2. The van der Waals surface area contributed by atoms with Gasteiger partial charge in [0.2, 0.25) is 0 Å². The third kappa shape index (κ3) is 38.7. The molecule has 0 amide bonds. The van der Waals surface area contributed by atoms with Crippen LogP contribution in [0, 0.1) is 12.8 Å². The van der Waals surface area contributed by atoms with Gasteiger partial charge in [0.1, 0.15) is 107 Å². The zero-order valence-electron chi connectivity index (χ0n) is 81.0. The van der Waals surface area contributed by atoms with Gasteiger partial charge < -0.3 is 66.0 Å². The lowest BCUT2D eigenvalue weighted by atomic mass is 9.76. The fraction of sp³-hybridized carbons (Fsp3) is 0.239. The van der Waals surface area contributed by atoms with Crippen molar-refractivity contribution < 1.29 is 66.0 Å². The first-order valence-corrected chi connectivity index (χ1v) is 52.3. The van der Waals surface area contributed by atoms with Crippen LogP contribution in [0.2, 0.25) is 0 Å². The van der Waals surface area contributed by atoms with Crippen molar-refractivity contribution in [1.82, 2.24) is 0 Å². The Labute approximate surface area is 845 Å². The molecule has 0 fully saturated rings. The van der Waals surface area contributed by atoms with Gasteiger partial charge in [-0.3, -0.25) is 0 Å². The van der Waals surface area contributed by atoms with Gasteiger partial charge in [0.15, 0.2) is 11.5 Å². The van der Waals surface area contributed by atoms with Crippen LogP contribution in [0.1, 0.15) is 96.0 Å². The summed E-state index contributed by atoms with van der Waals surface area (Å²) >= 11 is 0. The Morgan fingerprint density at radius 1 is 0.370 bits per heavy atom. The van der Waals surface area contributed by atoms with Gasteiger partial charge in [-0.15, -0.1) is 102 Å². The lowest BCUT2D eigenvalue weighted by Crippen LogP contribution is -2.26. The largest absolute Gasteiger partial charge is 0.494 e. The maximum absolute atomic E-state index is 6.02. The van der Waals surface area contributed by atoms with Gasteiger partial charge in [0, 0.05) is 105 Å². The van der Waals surface area contributed by atoms with E-state index in [0.717, 1.165) is 178 Å². The molecule has 728 valence electrons. The summed E-state index contributed by atoms with van der Waals surface area (Å²) in [6, 6.07) is 103. The van der Waals surface area contributed by atoms with Crippen LogP contribution >= 0.6 is 102 Å². The van der Waals surface area contributed by atoms with Crippen molar-refractivity contribution in [3.63, 3.8) is 0 Å². The van der Waals surface area contributed by atoms with Gasteiger partial charge in [0.25, 0.3) is 0 Å². The number of hydrogen-bond acceptors (Lipinski definition) is 14. The Kier molecular flexibility index (Phi) is 52.7. The minimum Gasteiger partial charge on any atom is -0.494 e. The number of hydrogen-bond donors (Lipinski definition) is 0. The molecule has 3 aliphatic heterocycles. The molecule has 1 aromatic heterocycles. The number of aryl methyl sites for hydroxylation is 1. The van der Waals surface area contributed by atoms with E-state index < -0.39 is 0 Å². The number of rotatable bonds is 23.